The lowest BCUT2D eigenvalue weighted by Gasteiger charge is -2.17. The predicted molar refractivity (Wildman–Crippen MR) is 66.3 cm³/mol. The van der Waals surface area contributed by atoms with Crippen LogP contribution in [0.3, 0.4) is 0 Å². The molecule has 0 fully saturated rings. The van der Waals surface area contributed by atoms with E-state index < -0.39 is 0 Å². The van der Waals surface area contributed by atoms with E-state index in [1.807, 2.05) is 6.92 Å². The topological polar surface area (TPSA) is 49.8 Å². The smallest absolute Gasteiger partial charge is 0.257 e. The average molecular weight is 237 g/mol. The Morgan fingerprint density at radius 1 is 1.47 bits per heavy atom. The summed E-state index contributed by atoms with van der Waals surface area (Å²) in [6.45, 7) is 3.12. The standard InChI is InChI=1S/C13H19NO3/c1-10-5-6-12(15)11(9-10)13(16)14(2)7-4-8-17-3/h5-6,9,15H,4,7-8H2,1-3H3. The van der Waals surface area contributed by atoms with Crippen LogP contribution >= 0.6 is 0 Å². The summed E-state index contributed by atoms with van der Waals surface area (Å²) in [7, 11) is 3.36. The minimum Gasteiger partial charge on any atom is -0.507 e. The second kappa shape index (κ2) is 6.25. The van der Waals surface area contributed by atoms with Gasteiger partial charge < -0.3 is 14.7 Å². The molecule has 0 aliphatic rings. The summed E-state index contributed by atoms with van der Waals surface area (Å²) in [4.78, 5) is 13.6. The van der Waals surface area contributed by atoms with Crippen LogP contribution in [0.15, 0.2) is 18.2 Å². The average Bonchev–Trinajstić information content (AvgIpc) is 2.31. The third kappa shape index (κ3) is 3.75. The van der Waals surface area contributed by atoms with Gasteiger partial charge in [0.1, 0.15) is 5.75 Å². The maximum absolute atomic E-state index is 12.0. The summed E-state index contributed by atoms with van der Waals surface area (Å²) >= 11 is 0. The Morgan fingerprint density at radius 2 is 2.18 bits per heavy atom. The van der Waals surface area contributed by atoms with Gasteiger partial charge in [0.2, 0.25) is 0 Å². The van der Waals surface area contributed by atoms with Crippen molar-refractivity contribution in [3.63, 3.8) is 0 Å². The molecule has 4 heteroatoms. The van der Waals surface area contributed by atoms with Gasteiger partial charge in [0, 0.05) is 27.3 Å². The van der Waals surface area contributed by atoms with E-state index in [2.05, 4.69) is 0 Å². The normalized spacial score (nSPS) is 10.3. The Kier molecular flexibility index (Phi) is 4.97. The van der Waals surface area contributed by atoms with E-state index >= 15 is 0 Å². The van der Waals surface area contributed by atoms with Gasteiger partial charge in [-0.05, 0) is 25.5 Å². The second-order valence-corrected chi connectivity index (χ2v) is 4.09. The van der Waals surface area contributed by atoms with E-state index in [9.17, 15) is 9.90 Å². The van der Waals surface area contributed by atoms with Crippen LogP contribution in [0, 0.1) is 6.92 Å². The molecule has 0 aromatic heterocycles. The van der Waals surface area contributed by atoms with Crippen molar-refractivity contribution in [1.82, 2.24) is 4.90 Å². The van der Waals surface area contributed by atoms with Crippen LogP contribution in [0.4, 0.5) is 0 Å². The highest BCUT2D eigenvalue weighted by atomic mass is 16.5. The first-order valence-corrected chi connectivity index (χ1v) is 5.60. The van der Waals surface area contributed by atoms with E-state index in [0.717, 1.165) is 12.0 Å². The highest BCUT2D eigenvalue weighted by Crippen LogP contribution is 2.19. The molecule has 17 heavy (non-hydrogen) atoms. The number of methoxy groups -OCH3 is 1. The predicted octanol–water partition coefficient (Wildman–Crippen LogP) is 1.81. The zero-order valence-corrected chi connectivity index (χ0v) is 10.6. The number of carbonyl (C=O) groups excluding carboxylic acids is 1. The number of aryl methyl sites for hydroxylation is 1. The van der Waals surface area contributed by atoms with Gasteiger partial charge in [-0.15, -0.1) is 0 Å². The number of phenols is 1. The zero-order valence-electron chi connectivity index (χ0n) is 10.6. The molecule has 1 N–H and O–H groups in total. The first-order chi connectivity index (χ1) is 8.06. The SMILES string of the molecule is COCCCN(C)C(=O)c1cc(C)ccc1O. The largest absolute Gasteiger partial charge is 0.507 e. The number of rotatable bonds is 5. The molecule has 94 valence electrons. The molecule has 0 bridgehead atoms. The third-order valence-electron chi connectivity index (χ3n) is 2.57. The van der Waals surface area contributed by atoms with Crippen LogP contribution in [0.5, 0.6) is 5.75 Å². The fraction of sp³-hybridized carbons (Fsp3) is 0.462. The molecule has 1 aromatic rings. The van der Waals surface area contributed by atoms with Gasteiger partial charge in [-0.25, -0.2) is 0 Å². The number of nitrogens with zero attached hydrogens (tertiary/aromatic N) is 1. The van der Waals surface area contributed by atoms with Gasteiger partial charge in [0.15, 0.2) is 0 Å². The number of phenolic OH excluding ortho intramolecular Hbond substituents is 1. The maximum atomic E-state index is 12.0. The molecule has 0 heterocycles. The Hall–Kier alpha value is -1.55. The molecule has 4 nitrogen and oxygen atoms in total. The van der Waals surface area contributed by atoms with Crippen molar-refractivity contribution in [3.05, 3.63) is 29.3 Å². The van der Waals surface area contributed by atoms with Crippen molar-refractivity contribution >= 4 is 5.91 Å². The molecule has 0 saturated heterocycles. The number of hydrogen-bond donors (Lipinski definition) is 1. The van der Waals surface area contributed by atoms with Crippen LogP contribution < -0.4 is 0 Å². The summed E-state index contributed by atoms with van der Waals surface area (Å²) in [6, 6.07) is 5.02. The van der Waals surface area contributed by atoms with E-state index in [1.165, 1.54) is 0 Å². The van der Waals surface area contributed by atoms with Crippen molar-refractivity contribution < 1.29 is 14.6 Å². The van der Waals surface area contributed by atoms with E-state index in [0.29, 0.717) is 18.7 Å². The number of hydrogen-bond acceptors (Lipinski definition) is 3. The van der Waals surface area contributed by atoms with Crippen LogP contribution in [0.25, 0.3) is 0 Å². The van der Waals surface area contributed by atoms with Gasteiger partial charge in [-0.2, -0.15) is 0 Å². The minimum atomic E-state index is -0.165. The molecule has 0 aliphatic heterocycles. The number of ether oxygens (including phenoxy) is 1. The summed E-state index contributed by atoms with van der Waals surface area (Å²) in [5.74, 6) is -0.138. The van der Waals surface area contributed by atoms with E-state index in [4.69, 9.17) is 4.74 Å². The lowest BCUT2D eigenvalue weighted by Crippen LogP contribution is -2.28. The van der Waals surface area contributed by atoms with Gasteiger partial charge in [0.05, 0.1) is 5.56 Å². The first-order valence-electron chi connectivity index (χ1n) is 5.60. The molecule has 0 radical (unpaired) electrons. The molecule has 1 amide bonds. The number of carbonyl (C=O) groups is 1. The van der Waals surface area contributed by atoms with Crippen molar-refractivity contribution in [2.45, 2.75) is 13.3 Å². The van der Waals surface area contributed by atoms with Crippen LogP contribution in [-0.4, -0.2) is 43.2 Å². The molecule has 0 spiro atoms. The van der Waals surface area contributed by atoms with Crippen molar-refractivity contribution in [1.29, 1.82) is 0 Å². The molecular weight excluding hydrogens is 218 g/mol. The molecule has 0 aliphatic carbocycles. The second-order valence-electron chi connectivity index (χ2n) is 4.09. The van der Waals surface area contributed by atoms with E-state index in [-0.39, 0.29) is 11.7 Å². The van der Waals surface area contributed by atoms with Gasteiger partial charge >= 0.3 is 0 Å². The molecule has 1 aromatic carbocycles. The van der Waals surface area contributed by atoms with Crippen molar-refractivity contribution in [2.24, 2.45) is 0 Å². The maximum Gasteiger partial charge on any atom is 0.257 e. The third-order valence-corrected chi connectivity index (χ3v) is 2.57. The van der Waals surface area contributed by atoms with Gasteiger partial charge in [-0.3, -0.25) is 4.79 Å². The van der Waals surface area contributed by atoms with Crippen LogP contribution in [-0.2, 0) is 4.74 Å². The van der Waals surface area contributed by atoms with Crippen molar-refractivity contribution in [2.75, 3.05) is 27.3 Å². The summed E-state index contributed by atoms with van der Waals surface area (Å²) in [5, 5.41) is 9.65. The lowest BCUT2D eigenvalue weighted by molar-refractivity contribution is 0.0776. The van der Waals surface area contributed by atoms with Crippen LogP contribution in [0.1, 0.15) is 22.3 Å². The summed E-state index contributed by atoms with van der Waals surface area (Å²) in [6.07, 6.45) is 0.783. The highest BCUT2D eigenvalue weighted by Gasteiger charge is 2.15. The monoisotopic (exact) mass is 237 g/mol. The summed E-state index contributed by atoms with van der Waals surface area (Å²) < 4.78 is 4.93. The Bertz CT molecular complexity index is 390. The van der Waals surface area contributed by atoms with Crippen LogP contribution in [0.2, 0.25) is 0 Å². The molecule has 0 saturated carbocycles. The Labute approximate surface area is 102 Å². The first kappa shape index (κ1) is 13.5. The van der Waals surface area contributed by atoms with Crippen molar-refractivity contribution in [3.8, 4) is 5.75 Å². The minimum absolute atomic E-state index is 0.0270. The molecule has 1 rings (SSSR count). The zero-order chi connectivity index (χ0) is 12.8. The Morgan fingerprint density at radius 3 is 2.82 bits per heavy atom. The highest BCUT2D eigenvalue weighted by molar-refractivity contribution is 5.96. The summed E-state index contributed by atoms with van der Waals surface area (Å²) in [5.41, 5.74) is 1.31. The molecule has 0 unspecified atom stereocenters. The van der Waals surface area contributed by atoms with Gasteiger partial charge in [-0.1, -0.05) is 11.6 Å². The number of aromatic hydroxyl groups is 1. The van der Waals surface area contributed by atoms with E-state index in [1.54, 1.807) is 37.3 Å². The Balaban J connectivity index is 2.71. The quantitative estimate of drug-likeness (QED) is 0.794. The molecular formula is C13H19NO3. The number of amides is 1. The molecule has 0 atom stereocenters. The number of benzene rings is 1. The lowest BCUT2D eigenvalue weighted by atomic mass is 10.1. The fourth-order valence-corrected chi connectivity index (χ4v) is 1.57. The fourth-order valence-electron chi connectivity index (χ4n) is 1.57. The van der Waals surface area contributed by atoms with Gasteiger partial charge in [0.25, 0.3) is 5.91 Å².